The summed E-state index contributed by atoms with van der Waals surface area (Å²) >= 11 is 0. The van der Waals surface area contributed by atoms with Crippen molar-refractivity contribution in [3.63, 3.8) is 0 Å². The quantitative estimate of drug-likeness (QED) is 0.612. The molecule has 0 radical (unpaired) electrons. The minimum atomic E-state index is -0.398. The fraction of sp³-hybridized carbons (Fsp3) is 0.417. The summed E-state index contributed by atoms with van der Waals surface area (Å²) in [5.74, 6) is -0.545. The van der Waals surface area contributed by atoms with Crippen LogP contribution >= 0.6 is 0 Å². The average Bonchev–Trinajstić information content (AvgIpc) is 2.14. The molecule has 1 aromatic rings. The van der Waals surface area contributed by atoms with Crippen molar-refractivity contribution >= 4 is 5.84 Å². The van der Waals surface area contributed by atoms with Gasteiger partial charge in [0.05, 0.1) is 12.2 Å². The van der Waals surface area contributed by atoms with E-state index in [9.17, 15) is 4.39 Å². The highest BCUT2D eigenvalue weighted by molar-refractivity contribution is 5.96. The van der Waals surface area contributed by atoms with Gasteiger partial charge in [-0.25, -0.2) is 4.39 Å². The van der Waals surface area contributed by atoms with Gasteiger partial charge in [0.2, 0.25) is 0 Å². The molecule has 3 N–H and O–H groups in total. The molecule has 16 heavy (non-hydrogen) atoms. The van der Waals surface area contributed by atoms with Crippen LogP contribution in [0.3, 0.4) is 0 Å². The van der Waals surface area contributed by atoms with E-state index in [0.717, 1.165) is 5.56 Å². The molecule has 0 spiro atoms. The lowest BCUT2D eigenvalue weighted by atomic mass is 10.1. The van der Waals surface area contributed by atoms with Gasteiger partial charge >= 0.3 is 0 Å². The zero-order chi connectivity index (χ0) is 12.3. The number of amidine groups is 1. The summed E-state index contributed by atoms with van der Waals surface area (Å²) in [5, 5.41) is 7.36. The summed E-state index contributed by atoms with van der Waals surface area (Å²) in [5.41, 5.74) is 6.23. The van der Waals surface area contributed by atoms with Gasteiger partial charge in [-0.15, -0.1) is 0 Å². The van der Waals surface area contributed by atoms with E-state index in [1.54, 1.807) is 6.07 Å². The van der Waals surface area contributed by atoms with Gasteiger partial charge in [0.15, 0.2) is 0 Å². The number of hydrogen-bond acceptors (Lipinski definition) is 2. The van der Waals surface area contributed by atoms with Gasteiger partial charge in [-0.2, -0.15) is 0 Å². The Morgan fingerprint density at radius 2 is 2.06 bits per heavy atom. The molecule has 4 heteroatoms. The van der Waals surface area contributed by atoms with E-state index in [1.807, 2.05) is 20.8 Å². The van der Waals surface area contributed by atoms with Crippen LogP contribution in [0.2, 0.25) is 0 Å². The molecule has 3 nitrogen and oxygen atoms in total. The summed E-state index contributed by atoms with van der Waals surface area (Å²) < 4.78 is 18.6. The molecular weight excluding hydrogens is 207 g/mol. The number of nitrogen functional groups attached to an aromatic ring is 1. The Hall–Kier alpha value is -1.42. The molecular formula is C12H17FN2O. The lowest BCUT2D eigenvalue weighted by Gasteiger charge is -2.20. The lowest BCUT2D eigenvalue weighted by molar-refractivity contribution is -0.0150. The SMILES string of the molecule is CC(C)(C)OCc1ccc(F)cc1C(=N)N. The van der Waals surface area contributed by atoms with Crippen LogP contribution in [0, 0.1) is 11.2 Å². The monoisotopic (exact) mass is 224 g/mol. The third kappa shape index (κ3) is 3.62. The van der Waals surface area contributed by atoms with E-state index in [1.165, 1.54) is 12.1 Å². The van der Waals surface area contributed by atoms with Gasteiger partial charge in [0.1, 0.15) is 11.7 Å². The Balaban J connectivity index is 2.91. The smallest absolute Gasteiger partial charge is 0.123 e. The van der Waals surface area contributed by atoms with Gasteiger partial charge < -0.3 is 10.5 Å². The topological polar surface area (TPSA) is 59.1 Å². The number of halogens is 1. The van der Waals surface area contributed by atoms with Gasteiger partial charge in [0.25, 0.3) is 0 Å². The van der Waals surface area contributed by atoms with Crippen molar-refractivity contribution in [1.82, 2.24) is 0 Å². The molecule has 0 aliphatic carbocycles. The van der Waals surface area contributed by atoms with Crippen LogP contribution in [0.1, 0.15) is 31.9 Å². The molecule has 0 bridgehead atoms. The van der Waals surface area contributed by atoms with Crippen LogP contribution in [0.15, 0.2) is 18.2 Å². The van der Waals surface area contributed by atoms with E-state index in [2.05, 4.69) is 0 Å². The van der Waals surface area contributed by atoms with Gasteiger partial charge in [-0.3, -0.25) is 5.41 Å². The summed E-state index contributed by atoms with van der Waals surface area (Å²) in [6.07, 6.45) is 0. The van der Waals surface area contributed by atoms with Crippen molar-refractivity contribution in [3.8, 4) is 0 Å². The number of benzene rings is 1. The predicted molar refractivity (Wildman–Crippen MR) is 62.0 cm³/mol. The highest BCUT2D eigenvalue weighted by Gasteiger charge is 2.13. The molecule has 0 fully saturated rings. The Labute approximate surface area is 94.9 Å². The Kier molecular flexibility index (Phi) is 3.65. The first-order valence-corrected chi connectivity index (χ1v) is 5.06. The second-order valence-corrected chi connectivity index (χ2v) is 4.62. The maximum Gasteiger partial charge on any atom is 0.123 e. The van der Waals surface area contributed by atoms with Gasteiger partial charge in [-0.05, 0) is 38.5 Å². The highest BCUT2D eigenvalue weighted by atomic mass is 19.1. The molecule has 88 valence electrons. The highest BCUT2D eigenvalue weighted by Crippen LogP contribution is 2.16. The average molecular weight is 224 g/mol. The number of rotatable bonds is 3. The fourth-order valence-corrected chi connectivity index (χ4v) is 1.22. The molecule has 0 heterocycles. The molecule has 0 saturated heterocycles. The van der Waals surface area contributed by atoms with Crippen LogP contribution in [-0.2, 0) is 11.3 Å². The van der Waals surface area contributed by atoms with E-state index in [4.69, 9.17) is 15.9 Å². The minimum absolute atomic E-state index is 0.146. The molecule has 1 rings (SSSR count). The van der Waals surface area contributed by atoms with E-state index < -0.39 is 5.82 Å². The summed E-state index contributed by atoms with van der Waals surface area (Å²) in [7, 11) is 0. The third-order valence-electron chi connectivity index (χ3n) is 2.02. The number of hydrogen-bond donors (Lipinski definition) is 2. The maximum atomic E-state index is 13.0. The number of nitrogens with one attached hydrogen (secondary N) is 1. The maximum absolute atomic E-state index is 13.0. The summed E-state index contributed by atoms with van der Waals surface area (Å²) in [6, 6.07) is 4.19. The first-order chi connectivity index (χ1) is 7.29. The summed E-state index contributed by atoms with van der Waals surface area (Å²) in [4.78, 5) is 0. The molecule has 0 aliphatic heterocycles. The molecule has 0 aliphatic rings. The molecule has 1 aromatic carbocycles. The molecule has 0 atom stereocenters. The Bertz CT molecular complexity index is 396. The Morgan fingerprint density at radius 3 is 2.56 bits per heavy atom. The van der Waals surface area contributed by atoms with E-state index in [0.29, 0.717) is 12.2 Å². The molecule has 0 unspecified atom stereocenters. The first-order valence-electron chi connectivity index (χ1n) is 5.06. The number of ether oxygens (including phenoxy) is 1. The largest absolute Gasteiger partial charge is 0.384 e. The van der Waals surface area contributed by atoms with Gasteiger partial charge in [-0.1, -0.05) is 6.07 Å². The standard InChI is InChI=1S/C12H17FN2O/c1-12(2,3)16-7-8-4-5-9(13)6-10(8)11(14)15/h4-6H,7H2,1-3H3,(H3,14,15). The van der Waals surface area contributed by atoms with Crippen LogP contribution in [-0.4, -0.2) is 11.4 Å². The Morgan fingerprint density at radius 1 is 1.44 bits per heavy atom. The van der Waals surface area contributed by atoms with Crippen molar-refractivity contribution in [1.29, 1.82) is 5.41 Å². The molecule has 0 aromatic heterocycles. The van der Waals surface area contributed by atoms with Gasteiger partial charge in [0, 0.05) is 5.56 Å². The van der Waals surface area contributed by atoms with Crippen LogP contribution in [0.5, 0.6) is 0 Å². The van der Waals surface area contributed by atoms with Crippen molar-refractivity contribution in [2.45, 2.75) is 33.0 Å². The van der Waals surface area contributed by atoms with Crippen LogP contribution < -0.4 is 5.73 Å². The summed E-state index contributed by atoms with van der Waals surface area (Å²) in [6.45, 7) is 6.12. The first kappa shape index (κ1) is 12.6. The molecule has 0 saturated carbocycles. The van der Waals surface area contributed by atoms with Crippen molar-refractivity contribution in [2.24, 2.45) is 5.73 Å². The zero-order valence-electron chi connectivity index (χ0n) is 9.80. The number of nitrogens with two attached hydrogens (primary N) is 1. The third-order valence-corrected chi connectivity index (χ3v) is 2.02. The van der Waals surface area contributed by atoms with E-state index >= 15 is 0 Å². The van der Waals surface area contributed by atoms with Crippen LogP contribution in [0.25, 0.3) is 0 Å². The van der Waals surface area contributed by atoms with Crippen molar-refractivity contribution < 1.29 is 9.13 Å². The minimum Gasteiger partial charge on any atom is -0.384 e. The van der Waals surface area contributed by atoms with Crippen molar-refractivity contribution in [3.05, 3.63) is 35.1 Å². The fourth-order valence-electron chi connectivity index (χ4n) is 1.22. The second-order valence-electron chi connectivity index (χ2n) is 4.62. The van der Waals surface area contributed by atoms with Crippen molar-refractivity contribution in [2.75, 3.05) is 0 Å². The second kappa shape index (κ2) is 4.61. The predicted octanol–water partition coefficient (Wildman–Crippen LogP) is 2.42. The lowest BCUT2D eigenvalue weighted by Crippen LogP contribution is -2.21. The van der Waals surface area contributed by atoms with Crippen LogP contribution in [0.4, 0.5) is 4.39 Å². The zero-order valence-corrected chi connectivity index (χ0v) is 9.80. The molecule has 0 amide bonds. The normalized spacial score (nSPS) is 11.5. The van der Waals surface area contributed by atoms with E-state index in [-0.39, 0.29) is 11.4 Å².